The fraction of sp³-hybridized carbons (Fsp3) is 0.235. The maximum absolute atomic E-state index is 12.1. The van der Waals surface area contributed by atoms with Gasteiger partial charge >= 0.3 is 6.09 Å². The number of anilines is 1. The van der Waals surface area contributed by atoms with Crippen LogP contribution in [0, 0.1) is 18.8 Å². The highest BCUT2D eigenvalue weighted by molar-refractivity contribution is 7.91. The van der Waals surface area contributed by atoms with Crippen LogP contribution in [0.2, 0.25) is 0 Å². The Balaban J connectivity index is 1.59. The number of nitrogens with one attached hydrogen (secondary N) is 1. The maximum Gasteiger partial charge on any atom is 0.414 e. The summed E-state index contributed by atoms with van der Waals surface area (Å²) < 4.78 is 31.8. The summed E-state index contributed by atoms with van der Waals surface area (Å²) in [4.78, 5) is 14.0. The van der Waals surface area contributed by atoms with E-state index in [0.29, 0.717) is 13.2 Å². The van der Waals surface area contributed by atoms with Gasteiger partial charge < -0.3 is 4.74 Å². The zero-order valence-electron chi connectivity index (χ0n) is 13.5. The number of hydrogen-bond donors (Lipinski definition) is 1. The number of carbonyl (C=O) groups is 1. The highest BCUT2D eigenvalue weighted by atomic mass is 32.2. The minimum atomic E-state index is -3.51. The third kappa shape index (κ3) is 4.20. The molecule has 1 aliphatic heterocycles. The lowest BCUT2D eigenvalue weighted by molar-refractivity contribution is 0.181. The number of benzene rings is 1. The first-order chi connectivity index (χ1) is 12.0. The molecule has 1 aromatic heterocycles. The van der Waals surface area contributed by atoms with Crippen LogP contribution in [0.5, 0.6) is 0 Å². The van der Waals surface area contributed by atoms with E-state index in [4.69, 9.17) is 4.74 Å². The molecule has 0 atom stereocenters. The molecule has 130 valence electrons. The van der Waals surface area contributed by atoms with Gasteiger partial charge in [-0.05, 0) is 43.3 Å². The summed E-state index contributed by atoms with van der Waals surface area (Å²) in [6.45, 7) is 2.81. The quantitative estimate of drug-likeness (QED) is 0.831. The van der Waals surface area contributed by atoms with E-state index in [9.17, 15) is 13.2 Å². The fourth-order valence-electron chi connectivity index (χ4n) is 2.26. The van der Waals surface area contributed by atoms with Crippen LogP contribution in [0.3, 0.4) is 0 Å². The molecule has 2 aromatic rings. The van der Waals surface area contributed by atoms with Gasteiger partial charge in [0.1, 0.15) is 10.8 Å². The second kappa shape index (κ2) is 7.27. The summed E-state index contributed by atoms with van der Waals surface area (Å²) in [5.41, 5.74) is 1.49. The van der Waals surface area contributed by atoms with Gasteiger partial charge in [-0.25, -0.2) is 13.2 Å². The third-order valence-corrected chi connectivity index (χ3v) is 6.40. The first-order valence-electron chi connectivity index (χ1n) is 7.55. The van der Waals surface area contributed by atoms with Crippen molar-refractivity contribution in [3.8, 4) is 11.8 Å². The predicted molar refractivity (Wildman–Crippen MR) is 96.3 cm³/mol. The standard InChI is InChI=1S/C17H16N2O4S2/c1-13-4-9-16(24-13)25(21,22)18-10-2-3-14-5-7-15(8-6-14)19-11-12-23-17(19)20/h4-9,18H,10-12H2,1H3. The van der Waals surface area contributed by atoms with Gasteiger partial charge in [0.25, 0.3) is 10.0 Å². The van der Waals surface area contributed by atoms with Crippen LogP contribution < -0.4 is 9.62 Å². The van der Waals surface area contributed by atoms with Crippen LogP contribution in [0.1, 0.15) is 10.4 Å². The molecule has 0 saturated carbocycles. The van der Waals surface area contributed by atoms with Crippen molar-refractivity contribution in [3.05, 3.63) is 46.8 Å². The van der Waals surface area contributed by atoms with E-state index >= 15 is 0 Å². The summed E-state index contributed by atoms with van der Waals surface area (Å²) in [5, 5.41) is 0. The van der Waals surface area contributed by atoms with Gasteiger partial charge in [-0.3, -0.25) is 4.90 Å². The molecule has 0 aliphatic carbocycles. The van der Waals surface area contributed by atoms with Gasteiger partial charge in [-0.2, -0.15) is 4.72 Å². The Bertz CT molecular complexity index is 937. The van der Waals surface area contributed by atoms with Gasteiger partial charge in [-0.15, -0.1) is 11.3 Å². The molecule has 6 nitrogen and oxygen atoms in total. The van der Waals surface area contributed by atoms with Crippen LogP contribution >= 0.6 is 11.3 Å². The number of cyclic esters (lactones) is 1. The molecule has 8 heteroatoms. The summed E-state index contributed by atoms with van der Waals surface area (Å²) in [6, 6.07) is 10.5. The van der Waals surface area contributed by atoms with Crippen molar-refractivity contribution in [2.75, 3.05) is 24.6 Å². The van der Waals surface area contributed by atoms with Gasteiger partial charge in [-0.1, -0.05) is 11.8 Å². The van der Waals surface area contributed by atoms with Crippen LogP contribution in [0.4, 0.5) is 10.5 Å². The van der Waals surface area contributed by atoms with Gasteiger partial charge in [0, 0.05) is 16.1 Å². The van der Waals surface area contributed by atoms with E-state index in [1.807, 2.05) is 6.92 Å². The zero-order chi connectivity index (χ0) is 17.9. The first-order valence-corrected chi connectivity index (χ1v) is 9.85. The number of amides is 1. The molecule has 25 heavy (non-hydrogen) atoms. The minimum absolute atomic E-state index is 0.0273. The Hall–Kier alpha value is -2.34. The molecule has 1 N–H and O–H groups in total. The zero-order valence-corrected chi connectivity index (χ0v) is 15.1. The van der Waals surface area contributed by atoms with Crippen molar-refractivity contribution < 1.29 is 17.9 Å². The third-order valence-electron chi connectivity index (χ3n) is 3.50. The van der Waals surface area contributed by atoms with Crippen LogP contribution in [0.25, 0.3) is 0 Å². The van der Waals surface area contributed by atoms with Crippen molar-refractivity contribution in [2.45, 2.75) is 11.1 Å². The second-order valence-corrected chi connectivity index (χ2v) is 8.59. The average Bonchev–Trinajstić information content (AvgIpc) is 3.21. The molecule has 0 unspecified atom stereocenters. The Morgan fingerprint density at radius 3 is 2.60 bits per heavy atom. The summed E-state index contributed by atoms with van der Waals surface area (Å²) in [5.74, 6) is 5.69. The lowest BCUT2D eigenvalue weighted by atomic mass is 10.2. The van der Waals surface area contributed by atoms with Crippen molar-refractivity contribution in [2.24, 2.45) is 0 Å². The van der Waals surface area contributed by atoms with E-state index in [-0.39, 0.29) is 16.8 Å². The molecule has 0 bridgehead atoms. The van der Waals surface area contributed by atoms with E-state index in [2.05, 4.69) is 16.6 Å². The summed E-state index contributed by atoms with van der Waals surface area (Å²) in [7, 11) is -3.51. The highest BCUT2D eigenvalue weighted by Gasteiger charge is 2.23. The average molecular weight is 376 g/mol. The molecule has 1 amide bonds. The molecule has 1 aliphatic rings. The molecule has 1 fully saturated rings. The minimum Gasteiger partial charge on any atom is -0.447 e. The van der Waals surface area contributed by atoms with Gasteiger partial charge in [0.15, 0.2) is 0 Å². The molecule has 3 rings (SSSR count). The topological polar surface area (TPSA) is 75.7 Å². The molecular weight excluding hydrogens is 360 g/mol. The molecule has 0 radical (unpaired) electrons. The normalized spacial score (nSPS) is 14.1. The summed E-state index contributed by atoms with van der Waals surface area (Å²) in [6.07, 6.45) is -0.350. The number of nitrogens with zero attached hydrogens (tertiary/aromatic N) is 1. The van der Waals surface area contributed by atoms with Crippen LogP contribution in [-0.2, 0) is 14.8 Å². The Morgan fingerprint density at radius 1 is 1.24 bits per heavy atom. The smallest absolute Gasteiger partial charge is 0.414 e. The Labute approximate surface area is 150 Å². The number of hydrogen-bond acceptors (Lipinski definition) is 5. The van der Waals surface area contributed by atoms with Crippen molar-refractivity contribution >= 4 is 33.1 Å². The molecule has 1 aromatic carbocycles. The van der Waals surface area contributed by atoms with E-state index in [1.54, 1.807) is 41.3 Å². The summed E-state index contributed by atoms with van der Waals surface area (Å²) >= 11 is 1.22. The fourth-order valence-corrected chi connectivity index (χ4v) is 4.51. The number of carbonyl (C=O) groups excluding carboxylic acids is 1. The Kier molecular flexibility index (Phi) is 5.08. The van der Waals surface area contributed by atoms with E-state index in [0.717, 1.165) is 16.1 Å². The van der Waals surface area contributed by atoms with Crippen LogP contribution in [-0.4, -0.2) is 34.2 Å². The monoisotopic (exact) mass is 376 g/mol. The maximum atomic E-state index is 12.1. The number of sulfonamides is 1. The highest BCUT2D eigenvalue weighted by Crippen LogP contribution is 2.20. The lowest BCUT2D eigenvalue weighted by Crippen LogP contribution is -2.23. The molecule has 1 saturated heterocycles. The number of aryl methyl sites for hydroxylation is 1. The first kappa shape index (κ1) is 17.5. The second-order valence-electron chi connectivity index (χ2n) is 5.30. The number of thiophene rings is 1. The SMILES string of the molecule is Cc1ccc(S(=O)(=O)NCC#Cc2ccc(N3CCOC3=O)cc2)s1. The van der Waals surface area contributed by atoms with Crippen molar-refractivity contribution in [1.82, 2.24) is 4.72 Å². The van der Waals surface area contributed by atoms with Crippen molar-refractivity contribution in [1.29, 1.82) is 0 Å². The molecule has 0 spiro atoms. The number of rotatable bonds is 4. The van der Waals surface area contributed by atoms with E-state index in [1.165, 1.54) is 11.3 Å². The van der Waals surface area contributed by atoms with E-state index < -0.39 is 10.0 Å². The van der Waals surface area contributed by atoms with Crippen LogP contribution in [0.15, 0.2) is 40.6 Å². The van der Waals surface area contributed by atoms with Gasteiger partial charge in [0.05, 0.1) is 13.1 Å². The predicted octanol–water partition coefficient (Wildman–Crippen LogP) is 2.34. The number of ether oxygens (including phenoxy) is 1. The van der Waals surface area contributed by atoms with Gasteiger partial charge in [0.2, 0.25) is 0 Å². The largest absolute Gasteiger partial charge is 0.447 e. The molecular formula is C17H16N2O4S2. The van der Waals surface area contributed by atoms with Crippen molar-refractivity contribution in [3.63, 3.8) is 0 Å². The Morgan fingerprint density at radius 2 is 2.00 bits per heavy atom. The lowest BCUT2D eigenvalue weighted by Gasteiger charge is -2.11. The molecule has 2 heterocycles.